The molecule has 0 aromatic heterocycles. The molecule has 2 saturated heterocycles. The molecule has 0 amide bonds. The van der Waals surface area contributed by atoms with E-state index in [9.17, 15) is 5.11 Å². The molecule has 5 atom stereocenters. The van der Waals surface area contributed by atoms with Gasteiger partial charge in [0.1, 0.15) is 12.2 Å². The summed E-state index contributed by atoms with van der Waals surface area (Å²) in [6, 6.07) is 9.76. The first-order valence-electron chi connectivity index (χ1n) is 6.46. The summed E-state index contributed by atoms with van der Waals surface area (Å²) in [5, 5.41) is 9.89. The van der Waals surface area contributed by atoms with Gasteiger partial charge in [0.15, 0.2) is 12.6 Å². The summed E-state index contributed by atoms with van der Waals surface area (Å²) in [5.41, 5.74) is 0.976. The first-order valence-corrected chi connectivity index (χ1v) is 6.46. The van der Waals surface area contributed by atoms with E-state index in [0.717, 1.165) is 5.56 Å². The van der Waals surface area contributed by atoms with Gasteiger partial charge in [0.25, 0.3) is 0 Å². The highest BCUT2D eigenvalue weighted by Crippen LogP contribution is 2.33. The minimum Gasteiger partial charge on any atom is -0.388 e. The van der Waals surface area contributed by atoms with Crippen molar-refractivity contribution in [3.8, 4) is 0 Å². The number of ether oxygens (including phenoxy) is 4. The monoisotopic (exact) mass is 266 g/mol. The maximum absolute atomic E-state index is 9.89. The van der Waals surface area contributed by atoms with Crippen LogP contribution in [-0.2, 0) is 18.9 Å². The molecule has 0 spiro atoms. The second-order valence-electron chi connectivity index (χ2n) is 4.83. The van der Waals surface area contributed by atoms with Crippen molar-refractivity contribution in [3.63, 3.8) is 0 Å². The van der Waals surface area contributed by atoms with Crippen LogP contribution in [-0.4, -0.2) is 43.4 Å². The summed E-state index contributed by atoms with van der Waals surface area (Å²) >= 11 is 0. The van der Waals surface area contributed by atoms with Gasteiger partial charge in [-0.2, -0.15) is 0 Å². The fraction of sp³-hybridized carbons (Fsp3) is 0.571. The summed E-state index contributed by atoms with van der Waals surface area (Å²) in [6.45, 7) is 0.441. The Kier molecular flexibility index (Phi) is 3.81. The van der Waals surface area contributed by atoms with Crippen LogP contribution in [0, 0.1) is 0 Å². The standard InChI is InChI=1S/C14H18O5/c1-16-14-10(15)7-11-12(19-14)8-17-13(18-11)9-5-3-2-4-6-9/h2-6,10-15H,7-8H2,1H3/t10-,11+,12+,13-,14+/m0/s1. The lowest BCUT2D eigenvalue weighted by Crippen LogP contribution is -2.53. The van der Waals surface area contributed by atoms with E-state index in [4.69, 9.17) is 18.9 Å². The van der Waals surface area contributed by atoms with Gasteiger partial charge in [0.2, 0.25) is 0 Å². The first-order chi connectivity index (χ1) is 9.28. The summed E-state index contributed by atoms with van der Waals surface area (Å²) < 4.78 is 22.2. The van der Waals surface area contributed by atoms with E-state index in [2.05, 4.69) is 0 Å². The van der Waals surface area contributed by atoms with Crippen LogP contribution in [0.15, 0.2) is 30.3 Å². The third-order valence-electron chi connectivity index (χ3n) is 3.53. The average Bonchev–Trinajstić information content (AvgIpc) is 2.47. The Morgan fingerprint density at radius 3 is 2.68 bits per heavy atom. The van der Waals surface area contributed by atoms with E-state index in [-0.39, 0.29) is 12.2 Å². The highest BCUT2D eigenvalue weighted by atomic mass is 16.7. The van der Waals surface area contributed by atoms with Crippen molar-refractivity contribution in [2.45, 2.75) is 37.3 Å². The minimum atomic E-state index is -0.666. The number of aliphatic hydroxyl groups is 1. The average molecular weight is 266 g/mol. The van der Waals surface area contributed by atoms with Crippen LogP contribution in [0.4, 0.5) is 0 Å². The zero-order chi connectivity index (χ0) is 13.2. The van der Waals surface area contributed by atoms with E-state index in [1.165, 1.54) is 7.11 Å². The van der Waals surface area contributed by atoms with Crippen LogP contribution in [0.25, 0.3) is 0 Å². The number of aliphatic hydroxyl groups excluding tert-OH is 1. The predicted octanol–water partition coefficient (Wildman–Crippen LogP) is 1.22. The molecule has 2 aliphatic rings. The molecular weight excluding hydrogens is 248 g/mol. The zero-order valence-electron chi connectivity index (χ0n) is 10.8. The number of methoxy groups -OCH3 is 1. The molecule has 5 nitrogen and oxygen atoms in total. The van der Waals surface area contributed by atoms with Gasteiger partial charge in [-0.15, -0.1) is 0 Å². The molecule has 104 valence electrons. The molecule has 0 saturated carbocycles. The van der Waals surface area contributed by atoms with Crippen molar-refractivity contribution in [1.29, 1.82) is 0 Å². The molecule has 0 radical (unpaired) electrons. The quantitative estimate of drug-likeness (QED) is 0.872. The van der Waals surface area contributed by atoms with Crippen LogP contribution in [0.5, 0.6) is 0 Å². The lowest BCUT2D eigenvalue weighted by molar-refractivity contribution is -0.333. The van der Waals surface area contributed by atoms with Crippen LogP contribution in [0.3, 0.4) is 0 Å². The number of hydrogen-bond donors (Lipinski definition) is 1. The van der Waals surface area contributed by atoms with Crippen LogP contribution < -0.4 is 0 Å². The smallest absolute Gasteiger partial charge is 0.184 e. The van der Waals surface area contributed by atoms with Gasteiger partial charge < -0.3 is 24.1 Å². The SMILES string of the molecule is CO[C@@H]1O[C@@H]2CO[C@H](c3ccccc3)O[C@@H]2C[C@@H]1O. The highest BCUT2D eigenvalue weighted by molar-refractivity contribution is 5.16. The predicted molar refractivity (Wildman–Crippen MR) is 66.3 cm³/mol. The third-order valence-corrected chi connectivity index (χ3v) is 3.53. The molecule has 0 bridgehead atoms. The Morgan fingerprint density at radius 1 is 1.16 bits per heavy atom. The fourth-order valence-electron chi connectivity index (χ4n) is 2.52. The van der Waals surface area contributed by atoms with Crippen molar-refractivity contribution < 1.29 is 24.1 Å². The Morgan fingerprint density at radius 2 is 1.95 bits per heavy atom. The number of fused-ring (bicyclic) bond motifs is 1. The van der Waals surface area contributed by atoms with Crippen LogP contribution in [0.2, 0.25) is 0 Å². The molecule has 3 rings (SSSR count). The van der Waals surface area contributed by atoms with Crippen molar-refractivity contribution in [1.82, 2.24) is 0 Å². The summed E-state index contributed by atoms with van der Waals surface area (Å²) in [7, 11) is 1.52. The van der Waals surface area contributed by atoms with E-state index >= 15 is 0 Å². The van der Waals surface area contributed by atoms with E-state index in [0.29, 0.717) is 13.0 Å². The first kappa shape index (κ1) is 13.0. The van der Waals surface area contributed by atoms with E-state index in [1.54, 1.807) is 0 Å². The maximum Gasteiger partial charge on any atom is 0.184 e. The molecule has 2 fully saturated rings. The van der Waals surface area contributed by atoms with Gasteiger partial charge in [0, 0.05) is 19.1 Å². The third kappa shape index (κ3) is 2.66. The van der Waals surface area contributed by atoms with E-state index in [1.807, 2.05) is 30.3 Å². The van der Waals surface area contributed by atoms with Crippen LogP contribution in [0.1, 0.15) is 18.3 Å². The minimum absolute atomic E-state index is 0.166. The van der Waals surface area contributed by atoms with E-state index < -0.39 is 18.7 Å². The number of benzene rings is 1. The Labute approximate surface area is 112 Å². The lowest BCUT2D eigenvalue weighted by Gasteiger charge is -2.43. The second kappa shape index (κ2) is 5.56. The summed E-state index contributed by atoms with van der Waals surface area (Å²) in [5.74, 6) is 0. The van der Waals surface area contributed by atoms with Gasteiger partial charge in [-0.3, -0.25) is 0 Å². The van der Waals surface area contributed by atoms with Gasteiger partial charge >= 0.3 is 0 Å². The normalized spacial score (nSPS) is 38.7. The zero-order valence-corrected chi connectivity index (χ0v) is 10.8. The van der Waals surface area contributed by atoms with Crippen molar-refractivity contribution in [2.75, 3.05) is 13.7 Å². The van der Waals surface area contributed by atoms with Crippen molar-refractivity contribution in [2.24, 2.45) is 0 Å². The molecule has 19 heavy (non-hydrogen) atoms. The molecule has 1 aromatic rings. The van der Waals surface area contributed by atoms with Crippen molar-refractivity contribution in [3.05, 3.63) is 35.9 Å². The molecule has 0 aliphatic carbocycles. The molecule has 5 heteroatoms. The molecule has 2 heterocycles. The van der Waals surface area contributed by atoms with Crippen molar-refractivity contribution >= 4 is 0 Å². The lowest BCUT2D eigenvalue weighted by atomic mass is 10.0. The van der Waals surface area contributed by atoms with Gasteiger partial charge in [0.05, 0.1) is 12.7 Å². The Balaban J connectivity index is 1.68. The summed E-state index contributed by atoms with van der Waals surface area (Å²) in [6.07, 6.45) is -1.51. The Hall–Kier alpha value is -0.980. The van der Waals surface area contributed by atoms with Gasteiger partial charge in [-0.25, -0.2) is 0 Å². The molecule has 1 N–H and O–H groups in total. The second-order valence-corrected chi connectivity index (χ2v) is 4.83. The molecule has 2 aliphatic heterocycles. The summed E-state index contributed by atoms with van der Waals surface area (Å²) in [4.78, 5) is 0. The van der Waals surface area contributed by atoms with Crippen LogP contribution >= 0.6 is 0 Å². The van der Waals surface area contributed by atoms with Gasteiger partial charge in [-0.05, 0) is 0 Å². The molecule has 1 aromatic carbocycles. The van der Waals surface area contributed by atoms with Gasteiger partial charge in [-0.1, -0.05) is 30.3 Å². The molecule has 0 unspecified atom stereocenters. The fourth-order valence-corrected chi connectivity index (χ4v) is 2.52. The highest BCUT2D eigenvalue weighted by Gasteiger charge is 2.42. The largest absolute Gasteiger partial charge is 0.388 e. The molecular formula is C14H18O5. The number of rotatable bonds is 2. The maximum atomic E-state index is 9.89. The Bertz CT molecular complexity index is 410. The number of hydrogen-bond acceptors (Lipinski definition) is 5. The topological polar surface area (TPSA) is 57.2 Å².